The predicted molar refractivity (Wildman–Crippen MR) is 121 cm³/mol. The van der Waals surface area contributed by atoms with Crippen molar-refractivity contribution in [2.45, 2.75) is 45.3 Å². The van der Waals surface area contributed by atoms with Crippen molar-refractivity contribution in [1.82, 2.24) is 4.90 Å². The number of ketones is 1. The largest absolute Gasteiger partial charge is 0.489 e. The third-order valence-electron chi connectivity index (χ3n) is 6.05. The highest BCUT2D eigenvalue weighted by atomic mass is 16.5. The van der Waals surface area contributed by atoms with Crippen LogP contribution in [0.15, 0.2) is 62.5 Å². The van der Waals surface area contributed by atoms with Crippen LogP contribution in [-0.2, 0) is 14.3 Å². The number of hydrogen-bond donors (Lipinski definition) is 1. The van der Waals surface area contributed by atoms with Gasteiger partial charge in [-0.3, -0.25) is 14.5 Å². The van der Waals surface area contributed by atoms with Crippen molar-refractivity contribution in [1.29, 1.82) is 0 Å². The molecule has 2 aliphatic heterocycles. The third kappa shape index (κ3) is 4.71. The van der Waals surface area contributed by atoms with Crippen LogP contribution in [0.1, 0.15) is 33.6 Å². The van der Waals surface area contributed by atoms with Crippen LogP contribution in [0.25, 0.3) is 11.0 Å². The minimum atomic E-state index is -1.01. The van der Waals surface area contributed by atoms with Crippen LogP contribution in [0.3, 0.4) is 0 Å². The number of carboxylic acids is 1. The van der Waals surface area contributed by atoms with E-state index in [4.69, 9.17) is 13.9 Å². The molecule has 1 aromatic heterocycles. The van der Waals surface area contributed by atoms with E-state index >= 15 is 0 Å². The average Bonchev–Trinajstić information content (AvgIpc) is 3.32. The second kappa shape index (κ2) is 8.86. The Morgan fingerprint density at radius 1 is 1.27 bits per heavy atom. The molecule has 4 rings (SSSR count). The fourth-order valence-electron chi connectivity index (χ4n) is 4.28. The summed E-state index contributed by atoms with van der Waals surface area (Å²) < 4.78 is 17.0. The number of Topliss-reactive ketones (excluding diaryl/α,β-unsaturated/α-hetero) is 1. The van der Waals surface area contributed by atoms with E-state index in [0.29, 0.717) is 35.6 Å². The SMILES string of the molecule is CC(=CCOc1ccc2ccc(=O)oc2c1)C1=C(CN2CCC[C@@H]2C(=O)O)C(=O)C(C)(C)O1. The zero-order valence-electron chi connectivity index (χ0n) is 18.9. The quantitative estimate of drug-likeness (QED) is 0.637. The number of carbonyl (C=O) groups is 2. The number of ether oxygens (including phenoxy) is 2. The lowest BCUT2D eigenvalue weighted by atomic mass is 9.97. The van der Waals surface area contributed by atoms with E-state index in [1.54, 1.807) is 38.1 Å². The summed E-state index contributed by atoms with van der Waals surface area (Å²) in [5.74, 6) is 0.0216. The normalized spacial score (nSPS) is 21.0. The summed E-state index contributed by atoms with van der Waals surface area (Å²) in [5.41, 5.74) is 0.241. The van der Waals surface area contributed by atoms with Crippen LogP contribution < -0.4 is 10.4 Å². The van der Waals surface area contributed by atoms with Crippen molar-refractivity contribution in [3.05, 3.63) is 63.7 Å². The van der Waals surface area contributed by atoms with Gasteiger partial charge in [0.05, 0.1) is 5.57 Å². The molecule has 0 saturated carbocycles. The predicted octanol–water partition coefficient (Wildman–Crippen LogP) is 3.30. The van der Waals surface area contributed by atoms with Crippen LogP contribution in [0.4, 0.5) is 0 Å². The number of carbonyl (C=O) groups excluding carboxylic acids is 1. The van der Waals surface area contributed by atoms with Gasteiger partial charge in [-0.25, -0.2) is 4.79 Å². The van der Waals surface area contributed by atoms with Crippen LogP contribution >= 0.6 is 0 Å². The number of benzene rings is 1. The summed E-state index contributed by atoms with van der Waals surface area (Å²) in [7, 11) is 0. The maximum Gasteiger partial charge on any atom is 0.336 e. The topological polar surface area (TPSA) is 106 Å². The van der Waals surface area contributed by atoms with Gasteiger partial charge in [0.1, 0.15) is 29.7 Å². The van der Waals surface area contributed by atoms with Gasteiger partial charge in [0.25, 0.3) is 0 Å². The molecule has 1 fully saturated rings. The minimum absolute atomic E-state index is 0.133. The van der Waals surface area contributed by atoms with Crippen molar-refractivity contribution in [3.63, 3.8) is 0 Å². The number of fused-ring (bicyclic) bond motifs is 1. The summed E-state index contributed by atoms with van der Waals surface area (Å²) >= 11 is 0. The van der Waals surface area contributed by atoms with Gasteiger partial charge in [-0.2, -0.15) is 0 Å². The second-order valence-electron chi connectivity index (χ2n) is 8.87. The number of rotatable bonds is 7. The first kappa shape index (κ1) is 22.8. The van der Waals surface area contributed by atoms with E-state index in [0.717, 1.165) is 17.4 Å². The Balaban J connectivity index is 1.52. The maximum atomic E-state index is 13.0. The molecule has 2 aromatic rings. The highest BCUT2D eigenvalue weighted by Gasteiger charge is 2.44. The van der Waals surface area contributed by atoms with Gasteiger partial charge in [-0.05, 0) is 70.0 Å². The Bertz CT molecular complexity index is 1220. The first-order valence-corrected chi connectivity index (χ1v) is 10.9. The molecule has 2 aliphatic rings. The van der Waals surface area contributed by atoms with Crippen LogP contribution in [0, 0.1) is 0 Å². The second-order valence-corrected chi connectivity index (χ2v) is 8.87. The van der Waals surface area contributed by atoms with Gasteiger partial charge in [0, 0.05) is 24.1 Å². The average molecular weight is 453 g/mol. The standard InChI is InChI=1S/C25H27NO7/c1-15(10-12-31-17-8-6-16-7-9-21(27)32-20(16)13-17)22-18(23(28)25(2,3)33-22)14-26-11-4-5-19(26)24(29)30/h6-10,13,19H,4-5,11-12,14H2,1-3H3,(H,29,30)/t19-/m1/s1. The van der Waals surface area contributed by atoms with Gasteiger partial charge in [-0.15, -0.1) is 0 Å². The lowest BCUT2D eigenvalue weighted by Gasteiger charge is -2.21. The first-order chi connectivity index (χ1) is 15.7. The molecular weight excluding hydrogens is 426 g/mol. The number of allylic oxidation sites excluding steroid dienone is 1. The van der Waals surface area contributed by atoms with E-state index in [1.165, 1.54) is 6.07 Å². The molecule has 0 bridgehead atoms. The molecule has 174 valence electrons. The molecule has 0 radical (unpaired) electrons. The van der Waals surface area contributed by atoms with E-state index in [9.17, 15) is 19.5 Å². The number of aliphatic carboxylic acids is 1. The molecule has 1 N–H and O–H groups in total. The Morgan fingerprint density at radius 3 is 2.79 bits per heavy atom. The zero-order valence-corrected chi connectivity index (χ0v) is 18.9. The molecule has 0 amide bonds. The fourth-order valence-corrected chi connectivity index (χ4v) is 4.28. The lowest BCUT2D eigenvalue weighted by Crippen LogP contribution is -2.39. The minimum Gasteiger partial charge on any atom is -0.489 e. The van der Waals surface area contributed by atoms with E-state index in [2.05, 4.69) is 0 Å². The monoisotopic (exact) mass is 453 g/mol. The van der Waals surface area contributed by atoms with Crippen molar-refractivity contribution < 1.29 is 28.6 Å². The molecule has 33 heavy (non-hydrogen) atoms. The molecule has 0 spiro atoms. The molecular formula is C25H27NO7. The number of likely N-dealkylation sites (tertiary alicyclic amines) is 1. The van der Waals surface area contributed by atoms with Gasteiger partial charge in [0.15, 0.2) is 5.60 Å². The van der Waals surface area contributed by atoms with Crippen molar-refractivity contribution in [3.8, 4) is 5.75 Å². The summed E-state index contributed by atoms with van der Waals surface area (Å²) in [6, 6.07) is 7.72. The highest BCUT2D eigenvalue weighted by Crippen LogP contribution is 2.35. The zero-order chi connectivity index (χ0) is 23.8. The van der Waals surface area contributed by atoms with Crippen molar-refractivity contribution in [2.24, 2.45) is 0 Å². The summed E-state index contributed by atoms with van der Waals surface area (Å²) in [4.78, 5) is 37.8. The molecule has 0 unspecified atom stereocenters. The molecule has 1 aromatic carbocycles. The molecule has 1 atom stereocenters. The highest BCUT2D eigenvalue weighted by molar-refractivity contribution is 6.04. The van der Waals surface area contributed by atoms with Crippen molar-refractivity contribution >= 4 is 22.7 Å². The molecule has 0 aliphatic carbocycles. The Labute approximate surface area is 191 Å². The van der Waals surface area contributed by atoms with Gasteiger partial charge >= 0.3 is 11.6 Å². The summed E-state index contributed by atoms with van der Waals surface area (Å²) in [6.45, 7) is 6.35. The Morgan fingerprint density at radius 2 is 2.03 bits per heavy atom. The fraction of sp³-hybridized carbons (Fsp3) is 0.400. The smallest absolute Gasteiger partial charge is 0.336 e. The van der Waals surface area contributed by atoms with E-state index < -0.39 is 23.2 Å². The van der Waals surface area contributed by atoms with Gasteiger partial charge < -0.3 is 19.0 Å². The third-order valence-corrected chi connectivity index (χ3v) is 6.05. The van der Waals surface area contributed by atoms with Crippen molar-refractivity contribution in [2.75, 3.05) is 19.7 Å². The molecule has 8 nitrogen and oxygen atoms in total. The van der Waals surface area contributed by atoms with Gasteiger partial charge in [0.2, 0.25) is 5.78 Å². The van der Waals surface area contributed by atoms with E-state index in [1.807, 2.05) is 17.9 Å². The Hall–Kier alpha value is -3.39. The molecule has 3 heterocycles. The van der Waals surface area contributed by atoms with Crippen LogP contribution in [0.5, 0.6) is 5.75 Å². The van der Waals surface area contributed by atoms with Crippen LogP contribution in [0.2, 0.25) is 0 Å². The number of nitrogens with zero attached hydrogens (tertiary/aromatic N) is 1. The van der Waals surface area contributed by atoms with Crippen LogP contribution in [-0.4, -0.2) is 53.1 Å². The first-order valence-electron chi connectivity index (χ1n) is 10.9. The summed E-state index contributed by atoms with van der Waals surface area (Å²) in [5, 5.41) is 10.3. The molecule has 1 saturated heterocycles. The van der Waals surface area contributed by atoms with Gasteiger partial charge in [-0.1, -0.05) is 0 Å². The Kier molecular flexibility index (Phi) is 6.12. The number of hydrogen-bond acceptors (Lipinski definition) is 7. The van der Waals surface area contributed by atoms with E-state index in [-0.39, 0.29) is 18.9 Å². The summed E-state index contributed by atoms with van der Waals surface area (Å²) in [6.07, 6.45) is 3.17. The lowest BCUT2D eigenvalue weighted by molar-refractivity contribution is -0.142. The maximum absolute atomic E-state index is 13.0. The molecule has 8 heteroatoms. The number of carboxylic acid groups (broad SMARTS) is 1.